The Balaban J connectivity index is 1.39. The van der Waals surface area contributed by atoms with Crippen LogP contribution in [0.5, 0.6) is 0 Å². The van der Waals surface area contributed by atoms with Crippen LogP contribution in [0.15, 0.2) is 73.1 Å². The Bertz CT molecular complexity index is 968. The second-order valence-corrected chi connectivity index (χ2v) is 7.52. The fourth-order valence-electron chi connectivity index (χ4n) is 3.87. The topological polar surface area (TPSA) is 67.2 Å². The van der Waals surface area contributed by atoms with Gasteiger partial charge in [-0.3, -0.25) is 9.59 Å². The van der Waals surface area contributed by atoms with Crippen molar-refractivity contribution in [2.75, 3.05) is 13.1 Å². The van der Waals surface area contributed by atoms with E-state index in [0.717, 1.165) is 36.1 Å². The highest BCUT2D eigenvalue weighted by molar-refractivity contribution is 5.89. The summed E-state index contributed by atoms with van der Waals surface area (Å²) in [7, 11) is 0. The predicted octanol–water partition coefficient (Wildman–Crippen LogP) is 3.28. The highest BCUT2D eigenvalue weighted by atomic mass is 16.2. The van der Waals surface area contributed by atoms with Crippen LogP contribution in [0.4, 0.5) is 0 Å². The van der Waals surface area contributed by atoms with E-state index in [1.807, 2.05) is 71.5 Å². The molecule has 6 nitrogen and oxygen atoms in total. The summed E-state index contributed by atoms with van der Waals surface area (Å²) in [4.78, 5) is 27.3. The molecule has 1 saturated heterocycles. The van der Waals surface area contributed by atoms with E-state index < -0.39 is 6.04 Å². The molecule has 154 valence electrons. The van der Waals surface area contributed by atoms with Gasteiger partial charge in [-0.2, -0.15) is 5.10 Å². The molecule has 0 aliphatic carbocycles. The lowest BCUT2D eigenvalue weighted by Crippen LogP contribution is -2.46. The number of piperidine rings is 1. The van der Waals surface area contributed by atoms with Crippen LogP contribution >= 0.6 is 0 Å². The number of likely N-dealkylation sites (tertiary alicyclic amines) is 1. The summed E-state index contributed by atoms with van der Waals surface area (Å²) in [6, 6.07) is 19.0. The lowest BCUT2D eigenvalue weighted by Gasteiger charge is -2.34. The van der Waals surface area contributed by atoms with E-state index in [1.54, 1.807) is 11.1 Å². The van der Waals surface area contributed by atoms with Crippen LogP contribution in [0.3, 0.4) is 0 Å². The van der Waals surface area contributed by atoms with Gasteiger partial charge in [0, 0.05) is 31.9 Å². The molecular formula is C24H26N4O2. The predicted molar refractivity (Wildman–Crippen MR) is 115 cm³/mol. The second-order valence-electron chi connectivity index (χ2n) is 7.52. The largest absolute Gasteiger partial charge is 0.354 e. The molecule has 2 heterocycles. The van der Waals surface area contributed by atoms with Gasteiger partial charge >= 0.3 is 0 Å². The van der Waals surface area contributed by atoms with E-state index in [1.165, 1.54) is 0 Å². The standard InChI is InChI=1S/C24H26N4O2/c29-22-9-4-5-17-27(22)23(20-7-2-1-3-8-20)24(30)25-16-14-19-10-12-21(13-11-19)28-18-6-15-26-28/h1-3,6-8,10-13,15,18,23H,4-5,9,14,16-17H2,(H,25,30). The molecule has 1 aliphatic rings. The molecule has 1 atom stereocenters. The number of amides is 2. The van der Waals surface area contributed by atoms with Crippen LogP contribution in [-0.4, -0.2) is 39.6 Å². The first-order chi connectivity index (χ1) is 14.7. The van der Waals surface area contributed by atoms with Crippen LogP contribution in [0.1, 0.15) is 36.4 Å². The quantitative estimate of drug-likeness (QED) is 0.659. The first-order valence-electron chi connectivity index (χ1n) is 10.4. The van der Waals surface area contributed by atoms with Crippen molar-refractivity contribution >= 4 is 11.8 Å². The Kier molecular flexibility index (Phi) is 6.23. The van der Waals surface area contributed by atoms with Gasteiger partial charge in [0.2, 0.25) is 11.8 Å². The van der Waals surface area contributed by atoms with Gasteiger partial charge in [0.1, 0.15) is 6.04 Å². The highest BCUT2D eigenvalue weighted by Crippen LogP contribution is 2.25. The molecular weight excluding hydrogens is 376 g/mol. The molecule has 1 aliphatic heterocycles. The maximum atomic E-state index is 13.1. The first-order valence-corrected chi connectivity index (χ1v) is 10.4. The Morgan fingerprint density at radius 1 is 1.03 bits per heavy atom. The number of hydrogen-bond donors (Lipinski definition) is 1. The van der Waals surface area contributed by atoms with E-state index in [-0.39, 0.29) is 11.8 Å². The van der Waals surface area contributed by atoms with Gasteiger partial charge < -0.3 is 10.2 Å². The van der Waals surface area contributed by atoms with E-state index in [2.05, 4.69) is 10.4 Å². The zero-order valence-electron chi connectivity index (χ0n) is 16.9. The molecule has 1 N–H and O–H groups in total. The van der Waals surface area contributed by atoms with Gasteiger partial charge in [0.25, 0.3) is 0 Å². The molecule has 0 spiro atoms. The Hall–Kier alpha value is -3.41. The molecule has 0 saturated carbocycles. The summed E-state index contributed by atoms with van der Waals surface area (Å²) in [6.45, 7) is 1.14. The minimum atomic E-state index is -0.568. The minimum absolute atomic E-state index is 0.0551. The van der Waals surface area contributed by atoms with Gasteiger partial charge in [-0.15, -0.1) is 0 Å². The monoisotopic (exact) mass is 402 g/mol. The van der Waals surface area contributed by atoms with Gasteiger partial charge in [-0.1, -0.05) is 42.5 Å². The van der Waals surface area contributed by atoms with Crippen molar-refractivity contribution < 1.29 is 9.59 Å². The summed E-state index contributed by atoms with van der Waals surface area (Å²) >= 11 is 0. The van der Waals surface area contributed by atoms with E-state index in [4.69, 9.17) is 0 Å². The molecule has 30 heavy (non-hydrogen) atoms. The van der Waals surface area contributed by atoms with Crippen molar-refractivity contribution in [2.24, 2.45) is 0 Å². The zero-order valence-corrected chi connectivity index (χ0v) is 16.9. The third kappa shape index (κ3) is 4.59. The fourth-order valence-corrected chi connectivity index (χ4v) is 3.87. The molecule has 2 aromatic carbocycles. The van der Waals surface area contributed by atoms with E-state index >= 15 is 0 Å². The molecule has 6 heteroatoms. The normalized spacial score (nSPS) is 15.1. The number of nitrogens with one attached hydrogen (secondary N) is 1. The SMILES string of the molecule is O=C(NCCc1ccc(-n2cccn2)cc1)C(c1ccccc1)N1CCCCC1=O. The third-order valence-electron chi connectivity index (χ3n) is 5.45. The molecule has 3 aromatic rings. The van der Waals surface area contributed by atoms with Crippen molar-refractivity contribution in [2.45, 2.75) is 31.7 Å². The summed E-state index contributed by atoms with van der Waals surface area (Å²) in [5.74, 6) is -0.0657. The van der Waals surface area contributed by atoms with Gasteiger partial charge in [-0.05, 0) is 48.6 Å². The highest BCUT2D eigenvalue weighted by Gasteiger charge is 2.32. The maximum absolute atomic E-state index is 13.1. The van der Waals surface area contributed by atoms with Crippen LogP contribution in [0.2, 0.25) is 0 Å². The number of hydrogen-bond acceptors (Lipinski definition) is 3. The summed E-state index contributed by atoms with van der Waals surface area (Å²) < 4.78 is 1.81. The number of rotatable bonds is 7. The zero-order chi connectivity index (χ0) is 20.8. The molecule has 2 amide bonds. The number of aromatic nitrogens is 2. The minimum Gasteiger partial charge on any atom is -0.354 e. The average Bonchev–Trinajstić information content (AvgIpc) is 3.32. The Morgan fingerprint density at radius 2 is 1.83 bits per heavy atom. The van der Waals surface area contributed by atoms with Gasteiger partial charge in [0.05, 0.1) is 5.69 Å². The molecule has 4 rings (SSSR count). The lowest BCUT2D eigenvalue weighted by atomic mass is 10.0. The van der Waals surface area contributed by atoms with Crippen molar-refractivity contribution in [3.05, 3.63) is 84.2 Å². The molecule has 1 unspecified atom stereocenters. The average molecular weight is 402 g/mol. The van der Waals surface area contributed by atoms with Crippen LogP contribution in [0.25, 0.3) is 5.69 Å². The summed E-state index contributed by atoms with van der Waals surface area (Å²) in [6.07, 6.45) is 6.72. The summed E-state index contributed by atoms with van der Waals surface area (Å²) in [5, 5.41) is 7.27. The number of carbonyl (C=O) groups excluding carboxylic acids is 2. The van der Waals surface area contributed by atoms with Crippen molar-refractivity contribution in [3.63, 3.8) is 0 Å². The van der Waals surface area contributed by atoms with Crippen molar-refractivity contribution in [3.8, 4) is 5.69 Å². The van der Waals surface area contributed by atoms with Crippen LogP contribution in [-0.2, 0) is 16.0 Å². The smallest absolute Gasteiger partial charge is 0.247 e. The molecule has 0 radical (unpaired) electrons. The number of benzene rings is 2. The second kappa shape index (κ2) is 9.39. The first kappa shape index (κ1) is 19.9. The van der Waals surface area contributed by atoms with Crippen LogP contribution in [0, 0.1) is 0 Å². The van der Waals surface area contributed by atoms with Crippen LogP contribution < -0.4 is 5.32 Å². The lowest BCUT2D eigenvalue weighted by molar-refractivity contribution is -0.142. The Labute approximate surface area is 176 Å². The molecule has 0 bridgehead atoms. The van der Waals surface area contributed by atoms with E-state index in [0.29, 0.717) is 19.5 Å². The molecule has 1 fully saturated rings. The number of nitrogens with zero attached hydrogens (tertiary/aromatic N) is 3. The Morgan fingerprint density at radius 3 is 2.53 bits per heavy atom. The van der Waals surface area contributed by atoms with Crippen molar-refractivity contribution in [1.82, 2.24) is 20.0 Å². The maximum Gasteiger partial charge on any atom is 0.247 e. The van der Waals surface area contributed by atoms with Gasteiger partial charge in [0.15, 0.2) is 0 Å². The van der Waals surface area contributed by atoms with E-state index in [9.17, 15) is 9.59 Å². The van der Waals surface area contributed by atoms with Crippen molar-refractivity contribution in [1.29, 1.82) is 0 Å². The fraction of sp³-hybridized carbons (Fsp3) is 0.292. The number of carbonyl (C=O) groups is 2. The third-order valence-corrected chi connectivity index (χ3v) is 5.45. The van der Waals surface area contributed by atoms with Gasteiger partial charge in [-0.25, -0.2) is 4.68 Å². The molecule has 1 aromatic heterocycles. The summed E-state index contributed by atoms with van der Waals surface area (Å²) in [5.41, 5.74) is 2.99.